The van der Waals surface area contributed by atoms with Crippen molar-refractivity contribution in [2.24, 2.45) is 7.05 Å². The van der Waals surface area contributed by atoms with Crippen molar-refractivity contribution in [1.29, 1.82) is 0 Å². The van der Waals surface area contributed by atoms with Gasteiger partial charge >= 0.3 is 0 Å². The van der Waals surface area contributed by atoms with Crippen LogP contribution < -0.4 is 10.5 Å². The second kappa shape index (κ2) is 8.41. The number of anilines is 1. The normalized spacial score (nSPS) is 16.4. The fourth-order valence-electron chi connectivity index (χ4n) is 3.86. The van der Waals surface area contributed by atoms with E-state index in [2.05, 4.69) is 43.8 Å². The Labute approximate surface area is 183 Å². The Morgan fingerprint density at radius 2 is 2.06 bits per heavy atom. The molecule has 1 atom stereocenters. The summed E-state index contributed by atoms with van der Waals surface area (Å²) in [5, 5.41) is 4.23. The molecule has 1 saturated heterocycles. The molecule has 1 aliphatic heterocycles. The maximum absolute atomic E-state index is 12.7. The third-order valence-electron chi connectivity index (χ3n) is 5.44. The van der Waals surface area contributed by atoms with Gasteiger partial charge in [0, 0.05) is 25.9 Å². The molecule has 4 aromatic rings. The number of thiophene rings is 1. The zero-order valence-corrected chi connectivity index (χ0v) is 17.8. The van der Waals surface area contributed by atoms with Crippen LogP contribution in [-0.4, -0.2) is 39.2 Å². The van der Waals surface area contributed by atoms with Crippen LogP contribution in [0.4, 0.5) is 5.95 Å². The lowest BCUT2D eigenvalue weighted by atomic mass is 9.97. The zero-order chi connectivity index (χ0) is 21.2. The predicted octanol–water partition coefficient (Wildman–Crippen LogP) is 3.54. The van der Waals surface area contributed by atoms with Crippen LogP contribution in [0.15, 0.2) is 70.5 Å². The van der Waals surface area contributed by atoms with E-state index >= 15 is 0 Å². The average molecular weight is 432 g/mol. The molecule has 156 valence electrons. The number of ether oxygens (including phenoxy) is 1. The maximum atomic E-state index is 12.7. The molecule has 0 N–H and O–H groups in total. The summed E-state index contributed by atoms with van der Waals surface area (Å²) in [6, 6.07) is 13.7. The highest BCUT2D eigenvalue weighted by Crippen LogP contribution is 2.34. The SMILES string of the molecule is Cn1c(N2CCOC(c3ccccc3-c3ccsc3)C2)nc(-c2ccncn2)cc1=O. The summed E-state index contributed by atoms with van der Waals surface area (Å²) in [5.41, 5.74) is 4.55. The number of hydrogen-bond donors (Lipinski definition) is 0. The minimum Gasteiger partial charge on any atom is -0.370 e. The van der Waals surface area contributed by atoms with Gasteiger partial charge in [-0.3, -0.25) is 9.36 Å². The number of aromatic nitrogens is 4. The quantitative estimate of drug-likeness (QED) is 0.492. The van der Waals surface area contributed by atoms with Crippen LogP contribution in [0.2, 0.25) is 0 Å². The standard InChI is InChI=1S/C23H21N5O2S/c1-27-22(29)12-20(19-6-8-24-15-25-19)26-23(27)28-9-10-30-21(13-28)18-5-3-2-4-17(18)16-7-11-31-14-16/h2-8,11-12,14-15,21H,9-10,13H2,1H3. The summed E-state index contributed by atoms with van der Waals surface area (Å²) in [7, 11) is 1.75. The highest BCUT2D eigenvalue weighted by atomic mass is 32.1. The molecule has 3 aromatic heterocycles. The second-order valence-corrected chi connectivity index (χ2v) is 8.12. The van der Waals surface area contributed by atoms with E-state index in [1.165, 1.54) is 23.5 Å². The molecule has 1 aromatic carbocycles. The number of benzene rings is 1. The minimum atomic E-state index is -0.125. The van der Waals surface area contributed by atoms with Crippen LogP contribution in [0.1, 0.15) is 11.7 Å². The molecule has 1 aliphatic rings. The van der Waals surface area contributed by atoms with E-state index in [0.29, 0.717) is 37.0 Å². The molecule has 1 fully saturated rings. The summed E-state index contributed by atoms with van der Waals surface area (Å²) < 4.78 is 7.75. The zero-order valence-electron chi connectivity index (χ0n) is 17.0. The second-order valence-electron chi connectivity index (χ2n) is 7.34. The van der Waals surface area contributed by atoms with Crippen molar-refractivity contribution in [2.45, 2.75) is 6.10 Å². The van der Waals surface area contributed by atoms with E-state index in [9.17, 15) is 4.79 Å². The molecule has 4 heterocycles. The van der Waals surface area contributed by atoms with Gasteiger partial charge in [-0.05, 0) is 39.6 Å². The number of nitrogens with zero attached hydrogens (tertiary/aromatic N) is 5. The molecule has 0 saturated carbocycles. The van der Waals surface area contributed by atoms with Gasteiger partial charge in [0.05, 0.1) is 24.5 Å². The smallest absolute Gasteiger partial charge is 0.255 e. The minimum absolute atomic E-state index is 0.121. The van der Waals surface area contributed by atoms with E-state index in [4.69, 9.17) is 9.72 Å². The van der Waals surface area contributed by atoms with Crippen LogP contribution in [0.25, 0.3) is 22.5 Å². The highest BCUT2D eigenvalue weighted by Gasteiger charge is 2.27. The molecule has 8 heteroatoms. The molecule has 1 unspecified atom stereocenters. The lowest BCUT2D eigenvalue weighted by molar-refractivity contribution is 0.0393. The van der Waals surface area contributed by atoms with Crippen LogP contribution in [0.5, 0.6) is 0 Å². The molecule has 0 spiro atoms. The number of rotatable bonds is 4. The van der Waals surface area contributed by atoms with Gasteiger partial charge in [0.1, 0.15) is 12.4 Å². The van der Waals surface area contributed by atoms with Crippen molar-refractivity contribution < 1.29 is 4.74 Å². The summed E-state index contributed by atoms with van der Waals surface area (Å²) in [4.78, 5) is 27.7. The Balaban J connectivity index is 1.50. The van der Waals surface area contributed by atoms with Crippen molar-refractivity contribution in [3.05, 3.63) is 81.7 Å². The fourth-order valence-corrected chi connectivity index (χ4v) is 4.52. The van der Waals surface area contributed by atoms with E-state index in [0.717, 1.165) is 5.56 Å². The molecule has 0 radical (unpaired) electrons. The van der Waals surface area contributed by atoms with E-state index in [-0.39, 0.29) is 11.7 Å². The third kappa shape index (κ3) is 3.87. The van der Waals surface area contributed by atoms with Gasteiger partial charge in [-0.25, -0.2) is 15.0 Å². The molecule has 5 rings (SSSR count). The first kappa shape index (κ1) is 19.6. The number of morpholine rings is 1. The van der Waals surface area contributed by atoms with Crippen molar-refractivity contribution in [2.75, 3.05) is 24.6 Å². The summed E-state index contributed by atoms with van der Waals surface area (Å²) in [6.45, 7) is 1.82. The van der Waals surface area contributed by atoms with Crippen LogP contribution in [0, 0.1) is 0 Å². The average Bonchev–Trinajstić information content (AvgIpc) is 3.36. The van der Waals surface area contributed by atoms with Crippen molar-refractivity contribution in [3.63, 3.8) is 0 Å². The van der Waals surface area contributed by atoms with Gasteiger partial charge < -0.3 is 9.64 Å². The first-order chi connectivity index (χ1) is 15.2. The van der Waals surface area contributed by atoms with Crippen LogP contribution in [0.3, 0.4) is 0 Å². The molecule has 0 bridgehead atoms. The molecular weight excluding hydrogens is 410 g/mol. The van der Waals surface area contributed by atoms with Crippen molar-refractivity contribution >= 4 is 17.3 Å². The summed E-state index contributed by atoms with van der Waals surface area (Å²) in [6.07, 6.45) is 2.98. The molecule has 7 nitrogen and oxygen atoms in total. The van der Waals surface area contributed by atoms with E-state index in [1.807, 2.05) is 12.1 Å². The lowest BCUT2D eigenvalue weighted by Gasteiger charge is -2.35. The first-order valence-electron chi connectivity index (χ1n) is 10.0. The topological polar surface area (TPSA) is 73.1 Å². The molecule has 0 amide bonds. The van der Waals surface area contributed by atoms with Crippen molar-refractivity contribution in [3.8, 4) is 22.5 Å². The summed E-state index contributed by atoms with van der Waals surface area (Å²) >= 11 is 1.68. The van der Waals surface area contributed by atoms with Crippen molar-refractivity contribution in [1.82, 2.24) is 19.5 Å². The fraction of sp³-hybridized carbons (Fsp3) is 0.217. The Kier molecular flexibility index (Phi) is 5.31. The highest BCUT2D eigenvalue weighted by molar-refractivity contribution is 7.08. The first-order valence-corrected chi connectivity index (χ1v) is 11.0. The molecule has 0 aliphatic carbocycles. The maximum Gasteiger partial charge on any atom is 0.255 e. The molecule has 31 heavy (non-hydrogen) atoms. The van der Waals surface area contributed by atoms with Crippen LogP contribution >= 0.6 is 11.3 Å². The molecular formula is C23H21N5O2S. The Hall–Kier alpha value is -3.36. The van der Waals surface area contributed by atoms with E-state index < -0.39 is 0 Å². The van der Waals surface area contributed by atoms with Gasteiger partial charge in [-0.2, -0.15) is 11.3 Å². The van der Waals surface area contributed by atoms with Gasteiger partial charge in [0.25, 0.3) is 5.56 Å². The van der Waals surface area contributed by atoms with Gasteiger partial charge in [0.2, 0.25) is 5.95 Å². The monoisotopic (exact) mass is 431 g/mol. The third-order valence-corrected chi connectivity index (χ3v) is 6.13. The predicted molar refractivity (Wildman–Crippen MR) is 121 cm³/mol. The van der Waals surface area contributed by atoms with Gasteiger partial charge in [0.15, 0.2) is 0 Å². The number of hydrogen-bond acceptors (Lipinski definition) is 7. The van der Waals surface area contributed by atoms with E-state index in [1.54, 1.807) is 35.2 Å². The Bertz CT molecular complexity index is 1240. The van der Waals surface area contributed by atoms with Gasteiger partial charge in [-0.1, -0.05) is 24.3 Å². The largest absolute Gasteiger partial charge is 0.370 e. The van der Waals surface area contributed by atoms with Gasteiger partial charge in [-0.15, -0.1) is 0 Å². The lowest BCUT2D eigenvalue weighted by Crippen LogP contribution is -2.41. The summed E-state index contributed by atoms with van der Waals surface area (Å²) in [5.74, 6) is 0.613. The Morgan fingerprint density at radius 3 is 2.87 bits per heavy atom. The van der Waals surface area contributed by atoms with Crippen LogP contribution in [-0.2, 0) is 11.8 Å². The Morgan fingerprint density at radius 1 is 1.16 bits per heavy atom.